The lowest BCUT2D eigenvalue weighted by Gasteiger charge is -2.32. The second-order valence-corrected chi connectivity index (χ2v) is 9.02. The maximum atomic E-state index is 6.65. The maximum Gasteiger partial charge on any atom is 0.133 e. The van der Waals surface area contributed by atoms with Gasteiger partial charge in [-0.25, -0.2) is 19.9 Å². The van der Waals surface area contributed by atoms with Crippen molar-refractivity contribution in [3.63, 3.8) is 0 Å². The Labute approximate surface area is 194 Å². The second-order valence-electron chi connectivity index (χ2n) is 9.02. The van der Waals surface area contributed by atoms with Gasteiger partial charge in [0.25, 0.3) is 0 Å². The first-order valence-electron chi connectivity index (χ1n) is 11.9. The number of nitrogens with zero attached hydrogens (tertiary/aromatic N) is 5. The van der Waals surface area contributed by atoms with Crippen molar-refractivity contribution < 1.29 is 9.47 Å². The average Bonchev–Trinajstić information content (AvgIpc) is 2.80. The molecule has 2 fully saturated rings. The van der Waals surface area contributed by atoms with E-state index in [-0.39, 0.29) is 6.10 Å². The second kappa shape index (κ2) is 9.47. The predicted octanol–water partition coefficient (Wildman–Crippen LogP) is 3.98. The molecule has 0 amide bonds. The molecule has 2 aliphatic rings. The van der Waals surface area contributed by atoms with Crippen LogP contribution in [0.5, 0.6) is 5.75 Å². The van der Waals surface area contributed by atoms with Gasteiger partial charge in [-0.05, 0) is 58.6 Å². The molecule has 1 aliphatic carbocycles. The predicted molar refractivity (Wildman–Crippen MR) is 129 cm³/mol. The summed E-state index contributed by atoms with van der Waals surface area (Å²) in [6.45, 7) is 9.17. The number of anilines is 2. The maximum absolute atomic E-state index is 6.65. The highest BCUT2D eigenvalue weighted by molar-refractivity contribution is 5.90. The highest BCUT2D eigenvalue weighted by Crippen LogP contribution is 2.35. The molecular weight excluding hydrogens is 416 g/mol. The van der Waals surface area contributed by atoms with Gasteiger partial charge < -0.3 is 19.7 Å². The van der Waals surface area contributed by atoms with Crippen LogP contribution in [0.25, 0.3) is 10.9 Å². The summed E-state index contributed by atoms with van der Waals surface area (Å²) in [4.78, 5) is 20.4. The van der Waals surface area contributed by atoms with E-state index in [2.05, 4.69) is 37.3 Å². The van der Waals surface area contributed by atoms with Gasteiger partial charge in [0.2, 0.25) is 0 Å². The van der Waals surface area contributed by atoms with Crippen LogP contribution in [0.4, 0.5) is 11.5 Å². The van der Waals surface area contributed by atoms with E-state index in [1.807, 2.05) is 26.8 Å². The zero-order chi connectivity index (χ0) is 22.8. The molecule has 0 bridgehead atoms. The first-order valence-corrected chi connectivity index (χ1v) is 11.9. The van der Waals surface area contributed by atoms with Crippen LogP contribution in [0.1, 0.15) is 43.0 Å². The number of fused-ring (bicyclic) bond motifs is 1. The lowest BCUT2D eigenvalue weighted by Crippen LogP contribution is -2.36. The van der Waals surface area contributed by atoms with E-state index in [0.29, 0.717) is 6.04 Å². The highest BCUT2D eigenvalue weighted by Gasteiger charge is 2.25. The zero-order valence-electron chi connectivity index (χ0n) is 19.7. The number of benzene rings is 1. The Morgan fingerprint density at radius 2 is 1.76 bits per heavy atom. The molecule has 3 aromatic rings. The Hall–Kier alpha value is -3.00. The number of nitrogens with one attached hydrogen (secondary N) is 1. The third kappa shape index (κ3) is 5.00. The van der Waals surface area contributed by atoms with Gasteiger partial charge in [-0.15, -0.1) is 0 Å². The minimum Gasteiger partial charge on any atom is -0.490 e. The summed E-state index contributed by atoms with van der Waals surface area (Å²) in [5, 5.41) is 4.58. The minimum atomic E-state index is 0.180. The molecular formula is C25H32N6O2. The molecule has 0 spiro atoms. The third-order valence-electron chi connectivity index (χ3n) is 6.51. The quantitative estimate of drug-likeness (QED) is 0.627. The zero-order valence-corrected chi connectivity index (χ0v) is 19.7. The number of morpholine rings is 1. The summed E-state index contributed by atoms with van der Waals surface area (Å²) in [5.74, 6) is 3.38. The van der Waals surface area contributed by atoms with Crippen LogP contribution in [0.15, 0.2) is 24.4 Å². The standard InChI is InChI=1S/C25H32N6O2/c1-16-25-22(28-18(3)27-16)14-20(31-10-12-32-13-11-31)15-23(25)33-21-6-4-19(5-7-21)30-24-8-9-26-17(2)29-24/h8-9,14-15,19,21H,4-7,10-13H2,1-3H3,(H,26,29,30)/t19-,21+. The number of ether oxygens (including phenoxy) is 2. The van der Waals surface area contributed by atoms with E-state index < -0.39 is 0 Å². The normalized spacial score (nSPS) is 21.2. The van der Waals surface area contributed by atoms with Crippen LogP contribution in [0.3, 0.4) is 0 Å². The molecule has 1 saturated carbocycles. The molecule has 0 atom stereocenters. The molecule has 1 N–H and O–H groups in total. The van der Waals surface area contributed by atoms with Gasteiger partial charge in [0, 0.05) is 37.1 Å². The summed E-state index contributed by atoms with van der Waals surface area (Å²) in [5.41, 5.74) is 3.07. The van der Waals surface area contributed by atoms with E-state index in [0.717, 1.165) is 97.5 Å². The van der Waals surface area contributed by atoms with Gasteiger partial charge in [0.1, 0.15) is 23.2 Å². The van der Waals surface area contributed by atoms with Crippen molar-refractivity contribution in [1.29, 1.82) is 0 Å². The van der Waals surface area contributed by atoms with Crippen molar-refractivity contribution in [3.05, 3.63) is 41.7 Å². The summed E-state index contributed by atoms with van der Waals surface area (Å²) < 4.78 is 12.2. The summed E-state index contributed by atoms with van der Waals surface area (Å²) in [7, 11) is 0. The fourth-order valence-corrected chi connectivity index (χ4v) is 4.88. The summed E-state index contributed by atoms with van der Waals surface area (Å²) >= 11 is 0. The van der Waals surface area contributed by atoms with E-state index in [1.165, 1.54) is 0 Å². The van der Waals surface area contributed by atoms with Crippen molar-refractivity contribution in [2.24, 2.45) is 0 Å². The van der Waals surface area contributed by atoms with Gasteiger partial charge in [-0.2, -0.15) is 0 Å². The molecule has 8 heteroatoms. The van der Waals surface area contributed by atoms with Crippen molar-refractivity contribution in [2.45, 2.75) is 58.6 Å². The Balaban J connectivity index is 1.33. The molecule has 33 heavy (non-hydrogen) atoms. The molecule has 1 aromatic carbocycles. The number of aryl methyl sites for hydroxylation is 3. The van der Waals surface area contributed by atoms with Crippen molar-refractivity contribution in [3.8, 4) is 5.75 Å². The molecule has 1 saturated heterocycles. The Morgan fingerprint density at radius 1 is 0.970 bits per heavy atom. The molecule has 2 aromatic heterocycles. The lowest BCUT2D eigenvalue weighted by atomic mass is 9.93. The van der Waals surface area contributed by atoms with Crippen LogP contribution in [0, 0.1) is 20.8 Å². The fourth-order valence-electron chi connectivity index (χ4n) is 4.88. The Kier molecular flexibility index (Phi) is 6.26. The molecule has 0 unspecified atom stereocenters. The van der Waals surface area contributed by atoms with Crippen LogP contribution < -0.4 is 15.0 Å². The number of rotatable bonds is 5. The Bertz CT molecular complexity index is 1120. The minimum absolute atomic E-state index is 0.180. The SMILES string of the molecule is Cc1nccc(N[C@H]2CC[C@@H](Oc3cc(N4CCOCC4)cc4nc(C)nc(C)c34)CC2)n1. The van der Waals surface area contributed by atoms with E-state index in [4.69, 9.17) is 14.5 Å². The van der Waals surface area contributed by atoms with E-state index in [1.54, 1.807) is 6.20 Å². The fraction of sp³-hybridized carbons (Fsp3) is 0.520. The first kappa shape index (κ1) is 21.8. The van der Waals surface area contributed by atoms with Gasteiger partial charge in [0.15, 0.2) is 0 Å². The molecule has 1 aliphatic heterocycles. The van der Waals surface area contributed by atoms with Crippen LogP contribution in [0.2, 0.25) is 0 Å². The number of hydrogen-bond donors (Lipinski definition) is 1. The van der Waals surface area contributed by atoms with Crippen LogP contribution >= 0.6 is 0 Å². The van der Waals surface area contributed by atoms with Crippen LogP contribution in [-0.4, -0.2) is 58.4 Å². The van der Waals surface area contributed by atoms with Crippen molar-refractivity contribution >= 4 is 22.4 Å². The average molecular weight is 449 g/mol. The number of hydrogen-bond acceptors (Lipinski definition) is 8. The molecule has 5 rings (SSSR count). The molecule has 8 nitrogen and oxygen atoms in total. The van der Waals surface area contributed by atoms with E-state index >= 15 is 0 Å². The van der Waals surface area contributed by atoms with Crippen molar-refractivity contribution in [1.82, 2.24) is 19.9 Å². The van der Waals surface area contributed by atoms with Crippen molar-refractivity contribution in [2.75, 3.05) is 36.5 Å². The van der Waals surface area contributed by atoms with Crippen LogP contribution in [-0.2, 0) is 4.74 Å². The monoisotopic (exact) mass is 448 g/mol. The third-order valence-corrected chi connectivity index (χ3v) is 6.51. The summed E-state index contributed by atoms with van der Waals surface area (Å²) in [6.07, 6.45) is 6.07. The first-order chi connectivity index (χ1) is 16.0. The topological polar surface area (TPSA) is 85.3 Å². The Morgan fingerprint density at radius 3 is 2.52 bits per heavy atom. The largest absolute Gasteiger partial charge is 0.490 e. The smallest absolute Gasteiger partial charge is 0.133 e. The molecule has 3 heterocycles. The highest BCUT2D eigenvalue weighted by atomic mass is 16.5. The van der Waals surface area contributed by atoms with Gasteiger partial charge in [-0.1, -0.05) is 0 Å². The summed E-state index contributed by atoms with van der Waals surface area (Å²) in [6, 6.07) is 6.68. The lowest BCUT2D eigenvalue weighted by molar-refractivity contribution is 0.122. The van der Waals surface area contributed by atoms with Gasteiger partial charge >= 0.3 is 0 Å². The van der Waals surface area contributed by atoms with Gasteiger partial charge in [-0.3, -0.25) is 0 Å². The van der Waals surface area contributed by atoms with E-state index in [9.17, 15) is 0 Å². The number of aromatic nitrogens is 4. The molecule has 174 valence electrons. The molecule has 0 radical (unpaired) electrons. The van der Waals surface area contributed by atoms with Gasteiger partial charge in [0.05, 0.1) is 35.9 Å².